The molecule has 0 radical (unpaired) electrons. The van der Waals surface area contributed by atoms with Crippen molar-refractivity contribution in [3.8, 4) is 0 Å². The fraction of sp³-hybridized carbons (Fsp3) is 0.500. The number of benzene rings is 1. The molecule has 1 unspecified atom stereocenters. The van der Waals surface area contributed by atoms with Gasteiger partial charge in [-0.25, -0.2) is 4.98 Å². The zero-order chi connectivity index (χ0) is 18.0. The van der Waals surface area contributed by atoms with Crippen molar-refractivity contribution >= 4 is 28.5 Å². The van der Waals surface area contributed by atoms with Crippen LogP contribution in [0.1, 0.15) is 32.5 Å². The molecule has 1 atom stereocenters. The van der Waals surface area contributed by atoms with Crippen LogP contribution in [-0.4, -0.2) is 34.1 Å². The molecule has 2 amide bonds. The van der Waals surface area contributed by atoms with Crippen LogP contribution in [0.2, 0.25) is 0 Å². The van der Waals surface area contributed by atoms with Crippen LogP contribution >= 0.6 is 0 Å². The van der Waals surface area contributed by atoms with Crippen molar-refractivity contribution in [1.29, 1.82) is 0 Å². The molecule has 134 valence electrons. The van der Waals surface area contributed by atoms with E-state index in [0.29, 0.717) is 13.2 Å². The smallest absolute Gasteiger partial charge is 0.249 e. The van der Waals surface area contributed by atoms with Crippen LogP contribution in [0, 0.1) is 5.92 Å². The maximum Gasteiger partial charge on any atom is 0.249 e. The van der Waals surface area contributed by atoms with Gasteiger partial charge in [-0.2, -0.15) is 0 Å². The molecule has 0 bridgehead atoms. The predicted octanol–water partition coefficient (Wildman–Crippen LogP) is 1.96. The topological polar surface area (TPSA) is 85.2 Å². The molecule has 2 heterocycles. The maximum atomic E-state index is 12.1. The maximum absolute atomic E-state index is 12.1. The van der Waals surface area contributed by atoms with Gasteiger partial charge in [-0.05, 0) is 31.0 Å². The van der Waals surface area contributed by atoms with Gasteiger partial charge in [0.05, 0.1) is 17.6 Å². The molecule has 1 aliphatic rings. The Balaban J connectivity index is 1.72. The standard InChI is InChI=1S/C18H24N4O3/c1-11(2)17(23)20-12-6-7-14-13(9-12)21-16(22(14)3)10-19-18(24)15-5-4-8-25-15/h6-7,9,11,15H,4-5,8,10H2,1-3H3,(H,19,24)(H,20,23). The quantitative estimate of drug-likeness (QED) is 0.868. The number of carbonyl (C=O) groups is 2. The third kappa shape index (κ3) is 3.82. The zero-order valence-electron chi connectivity index (χ0n) is 14.8. The number of aryl methyl sites for hydroxylation is 1. The number of imidazole rings is 1. The molecule has 1 aromatic carbocycles. The Kier molecular flexibility index (Phi) is 5.03. The van der Waals surface area contributed by atoms with Crippen LogP contribution in [0.3, 0.4) is 0 Å². The number of carbonyl (C=O) groups excluding carboxylic acids is 2. The number of nitrogens with zero attached hydrogens (tertiary/aromatic N) is 2. The lowest BCUT2D eigenvalue weighted by molar-refractivity contribution is -0.130. The lowest BCUT2D eigenvalue weighted by atomic mass is 10.2. The van der Waals surface area contributed by atoms with Crippen molar-refractivity contribution in [3.63, 3.8) is 0 Å². The SMILES string of the molecule is CC(C)C(=O)Nc1ccc2c(c1)nc(CNC(=O)C1CCCO1)n2C. The van der Waals surface area contributed by atoms with Crippen molar-refractivity contribution in [2.45, 2.75) is 39.3 Å². The van der Waals surface area contributed by atoms with Gasteiger partial charge in [0.25, 0.3) is 0 Å². The Morgan fingerprint density at radius 2 is 2.20 bits per heavy atom. The zero-order valence-corrected chi connectivity index (χ0v) is 14.8. The van der Waals surface area contributed by atoms with Crippen LogP contribution < -0.4 is 10.6 Å². The van der Waals surface area contributed by atoms with Crippen molar-refractivity contribution in [2.24, 2.45) is 13.0 Å². The summed E-state index contributed by atoms with van der Waals surface area (Å²) in [5.41, 5.74) is 2.45. The lowest BCUT2D eigenvalue weighted by Crippen LogP contribution is -2.34. The van der Waals surface area contributed by atoms with Gasteiger partial charge < -0.3 is 19.9 Å². The minimum atomic E-state index is -0.340. The third-order valence-corrected chi connectivity index (χ3v) is 4.41. The summed E-state index contributed by atoms with van der Waals surface area (Å²) in [5.74, 6) is 0.561. The molecular formula is C18H24N4O3. The van der Waals surface area contributed by atoms with Crippen molar-refractivity contribution < 1.29 is 14.3 Å². The first kappa shape index (κ1) is 17.4. The van der Waals surface area contributed by atoms with E-state index in [-0.39, 0.29) is 23.8 Å². The third-order valence-electron chi connectivity index (χ3n) is 4.41. The van der Waals surface area contributed by atoms with Gasteiger partial charge in [0.15, 0.2) is 0 Å². The number of amides is 2. The first-order valence-corrected chi connectivity index (χ1v) is 8.61. The van der Waals surface area contributed by atoms with Crippen LogP contribution in [0.25, 0.3) is 11.0 Å². The molecule has 0 saturated carbocycles. The Hall–Kier alpha value is -2.41. The summed E-state index contributed by atoms with van der Waals surface area (Å²) in [7, 11) is 1.91. The van der Waals surface area contributed by atoms with Gasteiger partial charge in [-0.15, -0.1) is 0 Å². The summed E-state index contributed by atoms with van der Waals surface area (Å²) in [6, 6.07) is 5.63. The van der Waals surface area contributed by atoms with Crippen LogP contribution in [0.5, 0.6) is 0 Å². The summed E-state index contributed by atoms with van der Waals surface area (Å²) in [5, 5.41) is 5.76. The molecule has 2 N–H and O–H groups in total. The van der Waals surface area contributed by atoms with Crippen molar-refractivity contribution in [2.75, 3.05) is 11.9 Å². The minimum absolute atomic E-state index is 0.0284. The van der Waals surface area contributed by atoms with Crippen molar-refractivity contribution in [3.05, 3.63) is 24.0 Å². The number of nitrogens with one attached hydrogen (secondary N) is 2. The summed E-state index contributed by atoms with van der Waals surface area (Å²) < 4.78 is 7.33. The van der Waals surface area contributed by atoms with Crippen LogP contribution in [0.4, 0.5) is 5.69 Å². The number of rotatable bonds is 5. The number of anilines is 1. The normalized spacial score (nSPS) is 17.2. The van der Waals surface area contributed by atoms with E-state index in [9.17, 15) is 9.59 Å². The largest absolute Gasteiger partial charge is 0.368 e. The predicted molar refractivity (Wildman–Crippen MR) is 95.0 cm³/mol. The number of ether oxygens (including phenoxy) is 1. The van der Waals surface area contributed by atoms with E-state index in [2.05, 4.69) is 15.6 Å². The summed E-state index contributed by atoms with van der Waals surface area (Å²) >= 11 is 0. The first-order valence-electron chi connectivity index (χ1n) is 8.61. The summed E-state index contributed by atoms with van der Waals surface area (Å²) in [6.07, 6.45) is 1.36. The van der Waals surface area contributed by atoms with E-state index in [1.807, 2.05) is 43.7 Å². The number of fused-ring (bicyclic) bond motifs is 1. The molecule has 1 fully saturated rings. The molecule has 1 aliphatic heterocycles. The molecule has 0 aliphatic carbocycles. The second-order valence-corrected chi connectivity index (χ2v) is 6.65. The fourth-order valence-electron chi connectivity index (χ4n) is 2.84. The van der Waals surface area contributed by atoms with E-state index in [0.717, 1.165) is 35.4 Å². The molecule has 3 rings (SSSR count). The number of hydrogen-bond donors (Lipinski definition) is 2. The fourth-order valence-corrected chi connectivity index (χ4v) is 2.84. The van der Waals surface area contributed by atoms with Gasteiger partial charge >= 0.3 is 0 Å². The second kappa shape index (κ2) is 7.23. The van der Waals surface area contributed by atoms with E-state index in [1.54, 1.807) is 0 Å². The monoisotopic (exact) mass is 344 g/mol. The molecule has 2 aromatic rings. The van der Waals surface area contributed by atoms with E-state index in [1.165, 1.54) is 0 Å². The average molecular weight is 344 g/mol. The lowest BCUT2D eigenvalue weighted by Gasteiger charge is -2.10. The minimum Gasteiger partial charge on any atom is -0.368 e. The number of aromatic nitrogens is 2. The molecular weight excluding hydrogens is 320 g/mol. The van der Waals surface area contributed by atoms with E-state index >= 15 is 0 Å². The first-order chi connectivity index (χ1) is 12.0. The van der Waals surface area contributed by atoms with Crippen LogP contribution in [-0.2, 0) is 27.9 Å². The average Bonchev–Trinajstić information content (AvgIpc) is 3.21. The highest BCUT2D eigenvalue weighted by molar-refractivity contribution is 5.94. The van der Waals surface area contributed by atoms with Crippen LogP contribution in [0.15, 0.2) is 18.2 Å². The molecule has 7 heteroatoms. The molecule has 7 nitrogen and oxygen atoms in total. The number of hydrogen-bond acceptors (Lipinski definition) is 4. The molecule has 25 heavy (non-hydrogen) atoms. The van der Waals surface area contributed by atoms with Gasteiger partial charge in [0.2, 0.25) is 11.8 Å². The molecule has 0 spiro atoms. The molecule has 1 saturated heterocycles. The van der Waals surface area contributed by atoms with E-state index in [4.69, 9.17) is 4.74 Å². The van der Waals surface area contributed by atoms with Gasteiger partial charge in [0, 0.05) is 25.3 Å². The van der Waals surface area contributed by atoms with E-state index < -0.39 is 0 Å². The molecule has 1 aromatic heterocycles. The summed E-state index contributed by atoms with van der Waals surface area (Å²) in [4.78, 5) is 28.5. The summed E-state index contributed by atoms with van der Waals surface area (Å²) in [6.45, 7) is 4.69. The highest BCUT2D eigenvalue weighted by atomic mass is 16.5. The Bertz CT molecular complexity index is 791. The highest BCUT2D eigenvalue weighted by Gasteiger charge is 2.23. The Morgan fingerprint density at radius 1 is 1.40 bits per heavy atom. The van der Waals surface area contributed by atoms with Gasteiger partial charge in [-0.3, -0.25) is 9.59 Å². The van der Waals surface area contributed by atoms with Gasteiger partial charge in [0.1, 0.15) is 11.9 Å². The van der Waals surface area contributed by atoms with Crippen molar-refractivity contribution in [1.82, 2.24) is 14.9 Å². The Labute approximate surface area is 146 Å². The second-order valence-electron chi connectivity index (χ2n) is 6.65. The van der Waals surface area contributed by atoms with Gasteiger partial charge in [-0.1, -0.05) is 13.8 Å². The highest BCUT2D eigenvalue weighted by Crippen LogP contribution is 2.20. The Morgan fingerprint density at radius 3 is 2.88 bits per heavy atom.